The van der Waals surface area contributed by atoms with E-state index in [-0.39, 0.29) is 15.5 Å². The number of aromatic nitrogens is 1. The fraction of sp³-hybridized carbons (Fsp3) is 0.238. The molecule has 0 fully saturated rings. The van der Waals surface area contributed by atoms with Crippen LogP contribution in [0.5, 0.6) is 0 Å². The monoisotopic (exact) mass is 432 g/mol. The Balaban J connectivity index is 2.11. The molecule has 0 amide bonds. The van der Waals surface area contributed by atoms with E-state index in [9.17, 15) is 16.8 Å². The molecule has 0 aliphatic rings. The van der Waals surface area contributed by atoms with E-state index in [0.717, 1.165) is 20.7 Å². The molecule has 0 saturated heterocycles. The second kappa shape index (κ2) is 7.35. The van der Waals surface area contributed by atoms with Crippen molar-refractivity contribution < 1.29 is 16.8 Å². The first kappa shape index (κ1) is 21.1. The number of anilines is 1. The molecule has 3 aromatic rings. The van der Waals surface area contributed by atoms with Crippen LogP contribution in [0, 0.1) is 34.6 Å². The maximum absolute atomic E-state index is 13.1. The summed E-state index contributed by atoms with van der Waals surface area (Å²) in [6, 6.07) is 13.1. The molecule has 154 valence electrons. The Hall–Kier alpha value is -2.58. The van der Waals surface area contributed by atoms with E-state index in [0.29, 0.717) is 11.4 Å². The average Bonchev–Trinajstić information content (AvgIpc) is 2.95. The summed E-state index contributed by atoms with van der Waals surface area (Å²) >= 11 is 0. The summed E-state index contributed by atoms with van der Waals surface area (Å²) in [5.74, 6) is 0. The van der Waals surface area contributed by atoms with Crippen molar-refractivity contribution in [2.45, 2.75) is 44.4 Å². The number of hydrogen-bond donors (Lipinski definition) is 1. The van der Waals surface area contributed by atoms with Crippen LogP contribution in [0.3, 0.4) is 0 Å². The van der Waals surface area contributed by atoms with Crippen LogP contribution in [0.15, 0.2) is 58.3 Å². The van der Waals surface area contributed by atoms with Crippen LogP contribution in [0.4, 0.5) is 5.69 Å². The van der Waals surface area contributed by atoms with Gasteiger partial charge in [-0.3, -0.25) is 4.72 Å². The molecule has 1 N–H and O–H groups in total. The summed E-state index contributed by atoms with van der Waals surface area (Å²) in [5.41, 5.74) is 3.61. The quantitative estimate of drug-likeness (QED) is 0.659. The molecule has 0 radical (unpaired) electrons. The van der Waals surface area contributed by atoms with Gasteiger partial charge in [0.15, 0.2) is 0 Å². The highest BCUT2D eigenvalue weighted by Gasteiger charge is 2.28. The smallest absolute Gasteiger partial charge is 0.268 e. The van der Waals surface area contributed by atoms with Crippen molar-refractivity contribution >= 4 is 25.7 Å². The number of benzene rings is 2. The number of hydrogen-bond acceptors (Lipinski definition) is 4. The molecular weight excluding hydrogens is 408 g/mol. The van der Waals surface area contributed by atoms with Crippen molar-refractivity contribution in [1.29, 1.82) is 0 Å². The van der Waals surface area contributed by atoms with Gasteiger partial charge in [-0.05, 0) is 63.9 Å². The minimum absolute atomic E-state index is 0.0612. The summed E-state index contributed by atoms with van der Waals surface area (Å²) in [7, 11) is -7.89. The van der Waals surface area contributed by atoms with Crippen molar-refractivity contribution in [1.82, 2.24) is 3.97 Å². The van der Waals surface area contributed by atoms with E-state index in [4.69, 9.17) is 0 Å². The molecule has 0 atom stereocenters. The van der Waals surface area contributed by atoms with Crippen LogP contribution in [0.1, 0.15) is 28.1 Å². The maximum atomic E-state index is 13.1. The SMILES string of the molecule is Cc1cc(C)c(NS(=O)(=O)c2cc(C)n(S(=O)(=O)c3ccccc3)c2C)c(C)c1. The molecule has 0 spiro atoms. The molecule has 1 heterocycles. The molecule has 0 unspecified atom stereocenters. The number of sulfonamides is 1. The highest BCUT2D eigenvalue weighted by Crippen LogP contribution is 2.29. The Morgan fingerprint density at radius 1 is 0.793 bits per heavy atom. The molecule has 0 saturated carbocycles. The zero-order valence-corrected chi connectivity index (χ0v) is 18.6. The van der Waals surface area contributed by atoms with Gasteiger partial charge in [0.05, 0.1) is 16.3 Å². The van der Waals surface area contributed by atoms with E-state index in [1.54, 1.807) is 25.1 Å². The standard InChI is InChI=1S/C21H24N2O4S2/c1-14-11-15(2)21(16(3)12-14)22-28(24,25)20-13-17(4)23(18(20)5)29(26,27)19-9-7-6-8-10-19/h6-13,22H,1-5H3. The first-order valence-electron chi connectivity index (χ1n) is 9.05. The number of aryl methyl sites for hydroxylation is 4. The third-order valence-electron chi connectivity index (χ3n) is 4.81. The Labute approximate surface area is 172 Å². The van der Waals surface area contributed by atoms with E-state index >= 15 is 0 Å². The third kappa shape index (κ3) is 3.82. The summed E-state index contributed by atoms with van der Waals surface area (Å²) in [6.07, 6.45) is 0. The fourth-order valence-electron chi connectivity index (χ4n) is 3.59. The highest BCUT2D eigenvalue weighted by atomic mass is 32.2. The summed E-state index contributed by atoms with van der Waals surface area (Å²) in [4.78, 5) is 0.0396. The Morgan fingerprint density at radius 3 is 1.90 bits per heavy atom. The van der Waals surface area contributed by atoms with Crippen LogP contribution < -0.4 is 4.72 Å². The van der Waals surface area contributed by atoms with E-state index in [2.05, 4.69) is 4.72 Å². The van der Waals surface area contributed by atoms with Crippen molar-refractivity contribution in [3.63, 3.8) is 0 Å². The van der Waals surface area contributed by atoms with E-state index in [1.807, 2.05) is 32.9 Å². The zero-order valence-electron chi connectivity index (χ0n) is 17.0. The molecule has 2 aromatic carbocycles. The molecule has 1 aromatic heterocycles. The van der Waals surface area contributed by atoms with Crippen LogP contribution in [-0.2, 0) is 20.0 Å². The van der Waals surface area contributed by atoms with Gasteiger partial charge in [0.1, 0.15) is 4.90 Å². The van der Waals surface area contributed by atoms with Gasteiger partial charge in [0, 0.05) is 5.69 Å². The van der Waals surface area contributed by atoms with Crippen molar-refractivity contribution in [3.8, 4) is 0 Å². The Kier molecular flexibility index (Phi) is 5.36. The van der Waals surface area contributed by atoms with Gasteiger partial charge in [0.25, 0.3) is 20.0 Å². The van der Waals surface area contributed by atoms with E-state index in [1.165, 1.54) is 25.1 Å². The lowest BCUT2D eigenvalue weighted by molar-refractivity contribution is 0.584. The summed E-state index contributed by atoms with van der Waals surface area (Å²) < 4.78 is 56.1. The van der Waals surface area contributed by atoms with Gasteiger partial charge in [-0.15, -0.1) is 0 Å². The number of rotatable bonds is 5. The Bertz CT molecular complexity index is 1270. The lowest BCUT2D eigenvalue weighted by atomic mass is 10.1. The lowest BCUT2D eigenvalue weighted by Gasteiger charge is -2.15. The molecule has 0 aliphatic carbocycles. The molecule has 3 rings (SSSR count). The average molecular weight is 433 g/mol. The van der Waals surface area contributed by atoms with Gasteiger partial charge in [0.2, 0.25) is 0 Å². The van der Waals surface area contributed by atoms with Gasteiger partial charge < -0.3 is 0 Å². The van der Waals surface area contributed by atoms with Crippen LogP contribution in [0.25, 0.3) is 0 Å². The minimum atomic E-state index is -3.98. The number of nitrogens with zero attached hydrogens (tertiary/aromatic N) is 1. The lowest BCUT2D eigenvalue weighted by Crippen LogP contribution is -2.18. The predicted molar refractivity (Wildman–Crippen MR) is 114 cm³/mol. The van der Waals surface area contributed by atoms with Crippen molar-refractivity contribution in [2.75, 3.05) is 4.72 Å². The highest BCUT2D eigenvalue weighted by molar-refractivity contribution is 7.93. The number of nitrogens with one attached hydrogen (secondary N) is 1. The van der Waals surface area contributed by atoms with E-state index < -0.39 is 20.0 Å². The largest absolute Gasteiger partial charge is 0.279 e. The molecule has 0 bridgehead atoms. The van der Waals surface area contributed by atoms with Gasteiger partial charge in [-0.1, -0.05) is 35.9 Å². The minimum Gasteiger partial charge on any atom is -0.279 e. The van der Waals surface area contributed by atoms with Crippen molar-refractivity contribution in [3.05, 3.63) is 76.6 Å². The molecule has 0 aliphatic heterocycles. The third-order valence-corrected chi connectivity index (χ3v) is 8.18. The molecule has 6 nitrogen and oxygen atoms in total. The molecular formula is C21H24N2O4S2. The van der Waals surface area contributed by atoms with Gasteiger partial charge in [-0.25, -0.2) is 20.8 Å². The molecule has 29 heavy (non-hydrogen) atoms. The first-order chi connectivity index (χ1) is 13.4. The van der Waals surface area contributed by atoms with Crippen LogP contribution in [0.2, 0.25) is 0 Å². The van der Waals surface area contributed by atoms with Crippen molar-refractivity contribution in [2.24, 2.45) is 0 Å². The topological polar surface area (TPSA) is 85.2 Å². The summed E-state index contributed by atoms with van der Waals surface area (Å²) in [5, 5.41) is 0. The fourth-order valence-corrected chi connectivity index (χ4v) is 6.75. The second-order valence-electron chi connectivity index (χ2n) is 7.20. The Morgan fingerprint density at radius 2 is 1.34 bits per heavy atom. The zero-order chi connectivity index (χ0) is 21.6. The van der Waals surface area contributed by atoms with Crippen LogP contribution in [-0.4, -0.2) is 20.8 Å². The maximum Gasteiger partial charge on any atom is 0.268 e. The first-order valence-corrected chi connectivity index (χ1v) is 12.0. The normalized spacial score (nSPS) is 12.2. The van der Waals surface area contributed by atoms with Gasteiger partial charge in [-0.2, -0.15) is 0 Å². The summed E-state index contributed by atoms with van der Waals surface area (Å²) in [6.45, 7) is 8.69. The predicted octanol–water partition coefficient (Wildman–Crippen LogP) is 4.07. The van der Waals surface area contributed by atoms with Gasteiger partial charge >= 0.3 is 0 Å². The molecule has 8 heteroatoms. The second-order valence-corrected chi connectivity index (χ2v) is 10.6. The van der Waals surface area contributed by atoms with Crippen LogP contribution >= 0.6 is 0 Å².